The number of alkyl halides is 3. The number of carboxylic acid groups (broad SMARTS) is 1. The summed E-state index contributed by atoms with van der Waals surface area (Å²) in [5.41, 5.74) is -0.852. The van der Waals surface area contributed by atoms with E-state index in [0.717, 1.165) is 12.5 Å². The molecule has 2 rings (SSSR count). The Hall–Kier alpha value is -1.72. The Labute approximate surface area is 108 Å². The van der Waals surface area contributed by atoms with Crippen LogP contribution < -0.4 is 4.90 Å². The summed E-state index contributed by atoms with van der Waals surface area (Å²) < 4.78 is 37.8. The van der Waals surface area contributed by atoms with Crippen LogP contribution in [0.15, 0.2) is 18.2 Å². The molecule has 0 saturated carbocycles. The second-order valence-corrected chi connectivity index (χ2v) is 4.87. The number of nitrogens with zero attached hydrogens (tertiary/aromatic N) is 1. The molecule has 0 aromatic heterocycles. The molecule has 1 atom stereocenters. The molecule has 1 aliphatic heterocycles. The number of aromatic carboxylic acids is 1. The minimum absolute atomic E-state index is 0.288. The summed E-state index contributed by atoms with van der Waals surface area (Å²) in [4.78, 5) is 13.0. The van der Waals surface area contributed by atoms with Gasteiger partial charge in [0.1, 0.15) is 0 Å². The van der Waals surface area contributed by atoms with Crippen LogP contribution in [0.1, 0.15) is 29.3 Å². The average Bonchev–Trinajstić information content (AvgIpc) is 2.73. The third-order valence-electron chi connectivity index (χ3n) is 3.32. The van der Waals surface area contributed by atoms with E-state index in [4.69, 9.17) is 5.11 Å². The van der Waals surface area contributed by atoms with Gasteiger partial charge in [0.15, 0.2) is 0 Å². The highest BCUT2D eigenvalue weighted by atomic mass is 19.4. The highest BCUT2D eigenvalue weighted by Crippen LogP contribution is 2.34. The smallest absolute Gasteiger partial charge is 0.416 e. The van der Waals surface area contributed by atoms with Gasteiger partial charge in [-0.3, -0.25) is 0 Å². The lowest BCUT2D eigenvalue weighted by Crippen LogP contribution is -2.22. The van der Waals surface area contributed by atoms with E-state index in [1.807, 2.05) is 11.8 Å². The fourth-order valence-corrected chi connectivity index (χ4v) is 2.31. The van der Waals surface area contributed by atoms with Gasteiger partial charge in [-0.15, -0.1) is 0 Å². The second kappa shape index (κ2) is 4.75. The molecular weight excluding hydrogens is 259 g/mol. The number of rotatable bonds is 2. The van der Waals surface area contributed by atoms with Crippen molar-refractivity contribution in [1.82, 2.24) is 0 Å². The molecular formula is C13H14F3NO2. The average molecular weight is 273 g/mol. The van der Waals surface area contributed by atoms with Gasteiger partial charge < -0.3 is 10.0 Å². The molecule has 19 heavy (non-hydrogen) atoms. The van der Waals surface area contributed by atoms with E-state index in [2.05, 4.69) is 0 Å². The maximum absolute atomic E-state index is 12.6. The lowest BCUT2D eigenvalue weighted by atomic mass is 10.1. The summed E-state index contributed by atoms with van der Waals surface area (Å²) in [6, 6.07) is 2.90. The standard InChI is InChI=1S/C13H14F3NO2/c1-8-4-5-17(7-8)11-3-2-9(13(14,15)16)6-10(11)12(18)19/h2-3,6,8H,4-5,7H2,1H3,(H,18,19). The summed E-state index contributed by atoms with van der Waals surface area (Å²) in [6.07, 6.45) is -3.61. The number of halogens is 3. The molecule has 6 heteroatoms. The van der Waals surface area contributed by atoms with Gasteiger partial charge in [-0.05, 0) is 30.5 Å². The Balaban J connectivity index is 2.42. The Bertz CT molecular complexity index is 499. The van der Waals surface area contributed by atoms with Gasteiger partial charge >= 0.3 is 12.1 Å². The minimum atomic E-state index is -4.53. The van der Waals surface area contributed by atoms with E-state index in [0.29, 0.717) is 30.8 Å². The van der Waals surface area contributed by atoms with Crippen molar-refractivity contribution in [1.29, 1.82) is 0 Å². The Morgan fingerprint density at radius 3 is 2.58 bits per heavy atom. The summed E-state index contributed by atoms with van der Waals surface area (Å²) in [5, 5.41) is 9.09. The van der Waals surface area contributed by atoms with Gasteiger partial charge in [-0.1, -0.05) is 6.92 Å². The molecule has 104 valence electrons. The van der Waals surface area contributed by atoms with Crippen LogP contribution in [0.25, 0.3) is 0 Å². The number of carboxylic acids is 1. The zero-order valence-corrected chi connectivity index (χ0v) is 10.4. The summed E-state index contributed by atoms with van der Waals surface area (Å²) in [6.45, 7) is 3.38. The van der Waals surface area contributed by atoms with Gasteiger partial charge in [0, 0.05) is 13.1 Å². The quantitative estimate of drug-likeness (QED) is 0.899. The highest BCUT2D eigenvalue weighted by molar-refractivity contribution is 5.94. The first-order chi connectivity index (χ1) is 8.79. The number of carbonyl (C=O) groups is 1. The fourth-order valence-electron chi connectivity index (χ4n) is 2.31. The van der Waals surface area contributed by atoms with Crippen molar-refractivity contribution in [2.75, 3.05) is 18.0 Å². The molecule has 1 heterocycles. The van der Waals surface area contributed by atoms with Crippen LogP contribution in [-0.2, 0) is 6.18 Å². The van der Waals surface area contributed by atoms with E-state index < -0.39 is 17.7 Å². The van der Waals surface area contributed by atoms with Gasteiger partial charge in [-0.25, -0.2) is 4.79 Å². The number of benzene rings is 1. The Morgan fingerprint density at radius 1 is 1.42 bits per heavy atom. The molecule has 1 aliphatic rings. The largest absolute Gasteiger partial charge is 0.478 e. The third-order valence-corrected chi connectivity index (χ3v) is 3.32. The molecule has 3 nitrogen and oxygen atoms in total. The first kappa shape index (κ1) is 13.7. The predicted octanol–water partition coefficient (Wildman–Crippen LogP) is 3.25. The van der Waals surface area contributed by atoms with Crippen molar-refractivity contribution in [2.24, 2.45) is 5.92 Å². The van der Waals surface area contributed by atoms with Crippen molar-refractivity contribution in [2.45, 2.75) is 19.5 Å². The molecule has 1 unspecified atom stereocenters. The number of anilines is 1. The van der Waals surface area contributed by atoms with Gasteiger partial charge in [0.2, 0.25) is 0 Å². The number of hydrogen-bond acceptors (Lipinski definition) is 2. The van der Waals surface area contributed by atoms with E-state index in [1.165, 1.54) is 6.07 Å². The first-order valence-corrected chi connectivity index (χ1v) is 5.98. The molecule has 1 N–H and O–H groups in total. The summed E-state index contributed by atoms with van der Waals surface area (Å²) >= 11 is 0. The van der Waals surface area contributed by atoms with E-state index in [-0.39, 0.29) is 5.56 Å². The molecule has 1 fully saturated rings. The normalized spacial score (nSPS) is 19.8. The van der Waals surface area contributed by atoms with E-state index in [9.17, 15) is 18.0 Å². The van der Waals surface area contributed by atoms with Crippen LogP contribution in [0.3, 0.4) is 0 Å². The monoisotopic (exact) mass is 273 g/mol. The molecule has 0 amide bonds. The zero-order valence-electron chi connectivity index (χ0n) is 10.4. The van der Waals surface area contributed by atoms with Crippen LogP contribution in [0.2, 0.25) is 0 Å². The molecule has 0 radical (unpaired) electrons. The van der Waals surface area contributed by atoms with Crippen LogP contribution in [0, 0.1) is 5.92 Å². The molecule has 1 aromatic carbocycles. The molecule has 1 saturated heterocycles. The van der Waals surface area contributed by atoms with Gasteiger partial charge in [0.05, 0.1) is 16.8 Å². The molecule has 0 aliphatic carbocycles. The third kappa shape index (κ3) is 2.83. The maximum atomic E-state index is 12.6. The number of hydrogen-bond donors (Lipinski definition) is 1. The Kier molecular flexibility index (Phi) is 3.43. The maximum Gasteiger partial charge on any atom is 0.416 e. The predicted molar refractivity (Wildman–Crippen MR) is 64.4 cm³/mol. The van der Waals surface area contributed by atoms with Crippen LogP contribution in [0.5, 0.6) is 0 Å². The Morgan fingerprint density at radius 2 is 2.11 bits per heavy atom. The fraction of sp³-hybridized carbons (Fsp3) is 0.462. The lowest BCUT2D eigenvalue weighted by molar-refractivity contribution is -0.137. The van der Waals surface area contributed by atoms with Crippen LogP contribution in [-0.4, -0.2) is 24.2 Å². The molecule has 0 bridgehead atoms. The summed E-state index contributed by atoms with van der Waals surface area (Å²) in [7, 11) is 0. The van der Waals surface area contributed by atoms with Crippen molar-refractivity contribution < 1.29 is 23.1 Å². The SMILES string of the molecule is CC1CCN(c2ccc(C(F)(F)F)cc2C(=O)O)C1. The first-order valence-electron chi connectivity index (χ1n) is 5.98. The van der Waals surface area contributed by atoms with Gasteiger partial charge in [0.25, 0.3) is 0 Å². The minimum Gasteiger partial charge on any atom is -0.478 e. The van der Waals surface area contributed by atoms with Crippen molar-refractivity contribution in [3.05, 3.63) is 29.3 Å². The second-order valence-electron chi connectivity index (χ2n) is 4.87. The van der Waals surface area contributed by atoms with Crippen LogP contribution >= 0.6 is 0 Å². The van der Waals surface area contributed by atoms with Crippen molar-refractivity contribution in [3.8, 4) is 0 Å². The topological polar surface area (TPSA) is 40.5 Å². The van der Waals surface area contributed by atoms with Gasteiger partial charge in [-0.2, -0.15) is 13.2 Å². The summed E-state index contributed by atoms with van der Waals surface area (Å²) in [5.74, 6) is -0.912. The van der Waals surface area contributed by atoms with E-state index >= 15 is 0 Å². The van der Waals surface area contributed by atoms with E-state index in [1.54, 1.807) is 0 Å². The van der Waals surface area contributed by atoms with Crippen molar-refractivity contribution in [3.63, 3.8) is 0 Å². The zero-order chi connectivity index (χ0) is 14.2. The highest BCUT2D eigenvalue weighted by Gasteiger charge is 2.33. The van der Waals surface area contributed by atoms with Crippen molar-refractivity contribution >= 4 is 11.7 Å². The van der Waals surface area contributed by atoms with Crippen LogP contribution in [0.4, 0.5) is 18.9 Å². The molecule has 0 spiro atoms. The molecule has 1 aromatic rings. The lowest BCUT2D eigenvalue weighted by Gasteiger charge is -2.21.